The predicted octanol–water partition coefficient (Wildman–Crippen LogP) is 4.29. The molecule has 3 heteroatoms. The van der Waals surface area contributed by atoms with Gasteiger partial charge in [0.2, 0.25) is 0 Å². The van der Waals surface area contributed by atoms with E-state index in [1.54, 1.807) is 12.1 Å². The number of non-ortho nitro benzene ring substituents is 1. The maximum absolute atomic E-state index is 10.6. The predicted molar refractivity (Wildman–Crippen MR) is 84.2 cm³/mol. The number of benzene rings is 2. The third-order valence-corrected chi connectivity index (χ3v) is 3.18. The molecule has 2 rings (SSSR count). The second-order valence-corrected chi connectivity index (χ2v) is 5.88. The van der Waals surface area contributed by atoms with Crippen molar-refractivity contribution in [1.82, 2.24) is 0 Å². The largest absolute Gasteiger partial charge is 0.269 e. The molecule has 0 heterocycles. The van der Waals surface area contributed by atoms with Crippen molar-refractivity contribution in [2.24, 2.45) is 0 Å². The van der Waals surface area contributed by atoms with Gasteiger partial charge in [0.1, 0.15) is 0 Å². The summed E-state index contributed by atoms with van der Waals surface area (Å²) in [5.41, 5.74) is 3.17. The van der Waals surface area contributed by atoms with Crippen LogP contribution < -0.4 is 0 Å². The van der Waals surface area contributed by atoms with Gasteiger partial charge in [0.15, 0.2) is 0 Å². The lowest BCUT2D eigenvalue weighted by Gasteiger charge is -2.18. The molecule has 0 fully saturated rings. The Morgan fingerprint density at radius 1 is 0.857 bits per heavy atom. The fraction of sp³-hybridized carbons (Fsp3) is 0.222. The Bertz CT molecular complexity index is 696. The number of hydrogen-bond acceptors (Lipinski definition) is 2. The fourth-order valence-electron chi connectivity index (χ4n) is 1.86. The van der Waals surface area contributed by atoms with E-state index < -0.39 is 4.92 Å². The molecule has 2 aromatic rings. The van der Waals surface area contributed by atoms with Gasteiger partial charge in [0.25, 0.3) is 5.69 Å². The molecule has 0 radical (unpaired) electrons. The number of hydrogen-bond donors (Lipinski definition) is 0. The quantitative estimate of drug-likeness (QED) is 0.444. The van der Waals surface area contributed by atoms with Crippen LogP contribution in [-0.2, 0) is 5.41 Å². The van der Waals surface area contributed by atoms with Crippen molar-refractivity contribution in [1.29, 1.82) is 0 Å². The smallest absolute Gasteiger partial charge is 0.258 e. The Morgan fingerprint density at radius 2 is 1.29 bits per heavy atom. The van der Waals surface area contributed by atoms with Crippen molar-refractivity contribution in [2.45, 2.75) is 26.2 Å². The topological polar surface area (TPSA) is 43.1 Å². The molecule has 2 aromatic carbocycles. The van der Waals surface area contributed by atoms with Crippen molar-refractivity contribution in [3.63, 3.8) is 0 Å². The molecule has 0 aliphatic rings. The molecular formula is C18H17NO2. The lowest BCUT2D eigenvalue weighted by molar-refractivity contribution is -0.384. The highest BCUT2D eigenvalue weighted by Crippen LogP contribution is 2.22. The summed E-state index contributed by atoms with van der Waals surface area (Å²) in [4.78, 5) is 10.2. The first-order chi connectivity index (χ1) is 9.86. The van der Waals surface area contributed by atoms with Crippen molar-refractivity contribution >= 4 is 5.69 Å². The van der Waals surface area contributed by atoms with Crippen LogP contribution in [0, 0.1) is 22.0 Å². The monoisotopic (exact) mass is 279 g/mol. The van der Waals surface area contributed by atoms with E-state index in [9.17, 15) is 10.1 Å². The third kappa shape index (κ3) is 3.93. The molecule has 0 saturated heterocycles. The summed E-state index contributed by atoms with van der Waals surface area (Å²) in [7, 11) is 0. The van der Waals surface area contributed by atoms with Crippen molar-refractivity contribution < 1.29 is 4.92 Å². The van der Waals surface area contributed by atoms with Crippen LogP contribution >= 0.6 is 0 Å². The number of nitro groups is 1. The lowest BCUT2D eigenvalue weighted by atomic mass is 9.87. The van der Waals surface area contributed by atoms with Gasteiger partial charge in [-0.25, -0.2) is 0 Å². The van der Waals surface area contributed by atoms with Gasteiger partial charge in [0.05, 0.1) is 4.92 Å². The molecule has 0 N–H and O–H groups in total. The van der Waals surface area contributed by atoms with Gasteiger partial charge >= 0.3 is 0 Å². The van der Waals surface area contributed by atoms with Gasteiger partial charge in [-0.05, 0) is 35.2 Å². The Kier molecular flexibility index (Phi) is 4.09. The molecule has 0 amide bonds. The minimum atomic E-state index is -0.414. The van der Waals surface area contributed by atoms with Gasteiger partial charge < -0.3 is 0 Å². The second kappa shape index (κ2) is 5.80. The zero-order chi connectivity index (χ0) is 15.5. The molecule has 106 valence electrons. The van der Waals surface area contributed by atoms with Crippen LogP contribution in [0.1, 0.15) is 37.5 Å². The first-order valence-corrected chi connectivity index (χ1v) is 6.73. The summed E-state index contributed by atoms with van der Waals surface area (Å²) in [6.45, 7) is 6.51. The fourth-order valence-corrected chi connectivity index (χ4v) is 1.86. The molecule has 0 bridgehead atoms. The summed E-state index contributed by atoms with van der Waals surface area (Å²) >= 11 is 0. The highest BCUT2D eigenvalue weighted by Gasteiger charge is 2.12. The van der Waals surface area contributed by atoms with E-state index >= 15 is 0 Å². The molecule has 3 nitrogen and oxygen atoms in total. The zero-order valence-corrected chi connectivity index (χ0v) is 12.4. The van der Waals surface area contributed by atoms with Crippen molar-refractivity contribution in [3.8, 4) is 11.8 Å². The SMILES string of the molecule is CC(C)(C)c1ccc(C#Cc2ccc([N+](=O)[O-])cc2)cc1. The minimum Gasteiger partial charge on any atom is -0.258 e. The van der Waals surface area contributed by atoms with Gasteiger partial charge in [-0.15, -0.1) is 0 Å². The summed E-state index contributed by atoms with van der Waals surface area (Å²) in [6.07, 6.45) is 0. The van der Waals surface area contributed by atoms with Crippen LogP contribution in [0.3, 0.4) is 0 Å². The molecule has 21 heavy (non-hydrogen) atoms. The van der Waals surface area contributed by atoms with E-state index in [0.717, 1.165) is 11.1 Å². The average molecular weight is 279 g/mol. The van der Waals surface area contributed by atoms with Crippen LogP contribution in [0.25, 0.3) is 0 Å². The van der Waals surface area contributed by atoms with E-state index in [1.165, 1.54) is 17.7 Å². The maximum Gasteiger partial charge on any atom is 0.269 e. The molecule has 0 spiro atoms. The minimum absolute atomic E-state index is 0.0788. The second-order valence-electron chi connectivity index (χ2n) is 5.88. The Hall–Kier alpha value is -2.60. The van der Waals surface area contributed by atoms with Crippen LogP contribution in [0.15, 0.2) is 48.5 Å². The normalized spacial score (nSPS) is 10.6. The van der Waals surface area contributed by atoms with Gasteiger partial charge in [-0.2, -0.15) is 0 Å². The van der Waals surface area contributed by atoms with E-state index in [0.29, 0.717) is 0 Å². The van der Waals surface area contributed by atoms with Gasteiger partial charge in [-0.3, -0.25) is 10.1 Å². The van der Waals surface area contributed by atoms with E-state index in [1.807, 2.05) is 12.1 Å². The first kappa shape index (κ1) is 14.8. The molecule has 0 aliphatic carbocycles. The van der Waals surface area contributed by atoms with Crippen molar-refractivity contribution in [2.75, 3.05) is 0 Å². The average Bonchev–Trinajstić information content (AvgIpc) is 2.45. The molecule has 0 aromatic heterocycles. The number of nitrogens with zero attached hydrogens (tertiary/aromatic N) is 1. The Labute approximate surface area is 124 Å². The van der Waals surface area contributed by atoms with Crippen LogP contribution in [0.4, 0.5) is 5.69 Å². The first-order valence-electron chi connectivity index (χ1n) is 6.73. The van der Waals surface area contributed by atoms with Crippen molar-refractivity contribution in [3.05, 3.63) is 75.3 Å². The van der Waals surface area contributed by atoms with E-state index in [4.69, 9.17) is 0 Å². The molecule has 0 unspecified atom stereocenters. The molecular weight excluding hydrogens is 262 g/mol. The summed E-state index contributed by atoms with van der Waals surface area (Å²) in [5.74, 6) is 6.08. The number of rotatable bonds is 1. The standard InChI is InChI=1S/C18H17NO2/c1-18(2,3)16-10-6-14(7-11-16)4-5-15-8-12-17(13-9-15)19(20)21/h6-13H,1-3H3. The molecule has 0 saturated carbocycles. The Balaban J connectivity index is 2.17. The zero-order valence-electron chi connectivity index (χ0n) is 12.4. The van der Waals surface area contributed by atoms with Crippen LogP contribution in [0.5, 0.6) is 0 Å². The van der Waals surface area contributed by atoms with E-state index in [2.05, 4.69) is 44.7 Å². The highest BCUT2D eigenvalue weighted by atomic mass is 16.6. The van der Waals surface area contributed by atoms with Crippen LogP contribution in [-0.4, -0.2) is 4.92 Å². The summed E-state index contributed by atoms with van der Waals surface area (Å²) < 4.78 is 0. The van der Waals surface area contributed by atoms with Crippen LogP contribution in [0.2, 0.25) is 0 Å². The Morgan fingerprint density at radius 3 is 1.67 bits per heavy atom. The van der Waals surface area contributed by atoms with Gasteiger partial charge in [-0.1, -0.05) is 44.7 Å². The molecule has 0 atom stereocenters. The molecule has 0 aliphatic heterocycles. The summed E-state index contributed by atoms with van der Waals surface area (Å²) in [6, 6.07) is 14.4. The van der Waals surface area contributed by atoms with Gasteiger partial charge in [0, 0.05) is 23.3 Å². The third-order valence-electron chi connectivity index (χ3n) is 3.18. The lowest BCUT2D eigenvalue weighted by Crippen LogP contribution is -2.10. The highest BCUT2D eigenvalue weighted by molar-refractivity contribution is 5.46. The maximum atomic E-state index is 10.6. The number of nitro benzene ring substituents is 1. The van der Waals surface area contributed by atoms with E-state index in [-0.39, 0.29) is 11.1 Å². The summed E-state index contributed by atoms with van der Waals surface area (Å²) in [5, 5.41) is 10.6.